The molecule has 2 rings (SSSR count). The number of methoxy groups -OCH3 is 3. The second-order valence-corrected chi connectivity index (χ2v) is 6.58. The normalized spacial score (nSPS) is 20.8. The summed E-state index contributed by atoms with van der Waals surface area (Å²) in [5.41, 5.74) is 2.47. The van der Waals surface area contributed by atoms with Crippen LogP contribution in [0.15, 0.2) is 6.07 Å². The Labute approximate surface area is 126 Å². The molecular weight excluding hydrogens is 276 g/mol. The van der Waals surface area contributed by atoms with Crippen molar-refractivity contribution in [2.45, 2.75) is 38.5 Å². The van der Waals surface area contributed by atoms with Gasteiger partial charge < -0.3 is 14.2 Å². The van der Waals surface area contributed by atoms with Crippen molar-refractivity contribution in [3.05, 3.63) is 17.2 Å². The first-order chi connectivity index (χ1) is 9.43. The van der Waals surface area contributed by atoms with Crippen LogP contribution in [0.25, 0.3) is 0 Å². The molecule has 0 aliphatic heterocycles. The summed E-state index contributed by atoms with van der Waals surface area (Å²) < 4.78 is 16.5. The van der Waals surface area contributed by atoms with Gasteiger partial charge in [-0.25, -0.2) is 0 Å². The monoisotopic (exact) mass is 298 g/mol. The van der Waals surface area contributed by atoms with E-state index in [0.29, 0.717) is 11.5 Å². The Balaban J connectivity index is 2.62. The van der Waals surface area contributed by atoms with Crippen LogP contribution < -0.4 is 14.2 Å². The molecule has 1 aromatic carbocycles. The zero-order valence-electron chi connectivity index (χ0n) is 12.9. The fourth-order valence-corrected chi connectivity index (χ4v) is 3.55. The number of alkyl halides is 1. The Kier molecular flexibility index (Phi) is 4.38. The molecule has 0 fully saturated rings. The second-order valence-electron chi connectivity index (χ2n) is 6.05. The molecule has 0 bridgehead atoms. The molecule has 112 valence electrons. The molecule has 1 unspecified atom stereocenters. The van der Waals surface area contributed by atoms with Gasteiger partial charge in [0.15, 0.2) is 11.5 Å². The molecule has 1 atom stereocenters. The Morgan fingerprint density at radius 2 is 1.75 bits per heavy atom. The van der Waals surface area contributed by atoms with Gasteiger partial charge in [0.25, 0.3) is 0 Å². The van der Waals surface area contributed by atoms with E-state index in [0.717, 1.165) is 36.1 Å². The van der Waals surface area contributed by atoms with E-state index < -0.39 is 0 Å². The van der Waals surface area contributed by atoms with Crippen LogP contribution in [-0.4, -0.2) is 21.3 Å². The lowest BCUT2D eigenvalue weighted by atomic mass is 9.84. The van der Waals surface area contributed by atoms with Gasteiger partial charge in [0.05, 0.1) is 26.7 Å². The van der Waals surface area contributed by atoms with E-state index in [9.17, 15) is 0 Å². The topological polar surface area (TPSA) is 27.7 Å². The molecule has 0 spiro atoms. The van der Waals surface area contributed by atoms with Gasteiger partial charge in [-0.05, 0) is 36.3 Å². The maximum atomic E-state index is 6.64. The van der Waals surface area contributed by atoms with Crippen LogP contribution in [0.3, 0.4) is 0 Å². The van der Waals surface area contributed by atoms with E-state index in [1.807, 2.05) is 6.07 Å². The molecule has 0 N–H and O–H groups in total. The van der Waals surface area contributed by atoms with Crippen molar-refractivity contribution in [1.82, 2.24) is 0 Å². The van der Waals surface area contributed by atoms with Gasteiger partial charge in [0.1, 0.15) is 0 Å². The van der Waals surface area contributed by atoms with Gasteiger partial charge in [-0.1, -0.05) is 13.8 Å². The SMILES string of the molecule is COc1cc2c(c(OC)c1OC)CCC(C)(C)CC2Cl. The highest BCUT2D eigenvalue weighted by Crippen LogP contribution is 2.50. The predicted molar refractivity (Wildman–Crippen MR) is 81.4 cm³/mol. The van der Waals surface area contributed by atoms with Crippen LogP contribution in [0.4, 0.5) is 0 Å². The zero-order valence-corrected chi connectivity index (χ0v) is 13.6. The molecule has 20 heavy (non-hydrogen) atoms. The van der Waals surface area contributed by atoms with Crippen LogP contribution in [0.2, 0.25) is 0 Å². The Morgan fingerprint density at radius 1 is 1.10 bits per heavy atom. The highest BCUT2D eigenvalue weighted by atomic mass is 35.5. The number of fused-ring (bicyclic) bond motifs is 1. The quantitative estimate of drug-likeness (QED) is 0.613. The molecular formula is C16H23ClO3. The number of ether oxygens (including phenoxy) is 3. The van der Waals surface area contributed by atoms with Crippen LogP contribution in [0, 0.1) is 5.41 Å². The Morgan fingerprint density at radius 3 is 2.30 bits per heavy atom. The lowest BCUT2D eigenvalue weighted by molar-refractivity contribution is 0.310. The van der Waals surface area contributed by atoms with Crippen LogP contribution in [0.5, 0.6) is 17.2 Å². The summed E-state index contributed by atoms with van der Waals surface area (Å²) in [6.45, 7) is 4.52. The van der Waals surface area contributed by atoms with Gasteiger partial charge in [0, 0.05) is 5.56 Å². The van der Waals surface area contributed by atoms with E-state index in [1.54, 1.807) is 21.3 Å². The van der Waals surface area contributed by atoms with Crippen LogP contribution >= 0.6 is 11.6 Å². The first kappa shape index (κ1) is 15.3. The smallest absolute Gasteiger partial charge is 0.203 e. The fourth-order valence-electron chi connectivity index (χ4n) is 2.93. The second kappa shape index (κ2) is 5.72. The Bertz CT molecular complexity index is 497. The highest BCUT2D eigenvalue weighted by Gasteiger charge is 2.32. The molecule has 1 aromatic rings. The summed E-state index contributed by atoms with van der Waals surface area (Å²) in [5, 5.41) is -0.0313. The number of hydrogen-bond donors (Lipinski definition) is 0. The number of rotatable bonds is 3. The van der Waals surface area contributed by atoms with Gasteiger partial charge in [-0.15, -0.1) is 11.6 Å². The number of benzene rings is 1. The molecule has 0 aromatic heterocycles. The largest absolute Gasteiger partial charge is 0.493 e. The summed E-state index contributed by atoms with van der Waals surface area (Å²) in [5.74, 6) is 2.08. The maximum Gasteiger partial charge on any atom is 0.203 e. The first-order valence-electron chi connectivity index (χ1n) is 6.89. The van der Waals surface area contributed by atoms with E-state index >= 15 is 0 Å². The molecule has 0 amide bonds. The zero-order chi connectivity index (χ0) is 14.9. The molecule has 0 radical (unpaired) electrons. The minimum atomic E-state index is -0.0313. The molecule has 1 aliphatic carbocycles. The van der Waals surface area contributed by atoms with Crippen LogP contribution in [-0.2, 0) is 6.42 Å². The molecule has 3 nitrogen and oxygen atoms in total. The highest BCUT2D eigenvalue weighted by molar-refractivity contribution is 6.21. The van der Waals surface area contributed by atoms with E-state index in [1.165, 1.54) is 0 Å². The first-order valence-corrected chi connectivity index (χ1v) is 7.33. The third kappa shape index (κ3) is 2.69. The average Bonchev–Trinajstić information content (AvgIpc) is 2.52. The lowest BCUT2D eigenvalue weighted by Crippen LogP contribution is -2.11. The molecule has 0 saturated heterocycles. The lowest BCUT2D eigenvalue weighted by Gasteiger charge is -2.23. The summed E-state index contributed by atoms with van der Waals surface area (Å²) >= 11 is 6.64. The van der Waals surface area contributed by atoms with Crippen molar-refractivity contribution in [3.63, 3.8) is 0 Å². The van der Waals surface area contributed by atoms with Crippen LogP contribution in [0.1, 0.15) is 43.2 Å². The summed E-state index contributed by atoms with van der Waals surface area (Å²) in [7, 11) is 4.93. The fraction of sp³-hybridized carbons (Fsp3) is 0.625. The minimum absolute atomic E-state index is 0.0313. The standard InChI is InChI=1S/C16H23ClO3/c1-16(2)7-6-10-11(12(17)9-16)8-13(18-3)15(20-5)14(10)19-4/h8,12H,6-7,9H2,1-5H3. The van der Waals surface area contributed by atoms with E-state index in [2.05, 4.69) is 13.8 Å². The third-order valence-corrected chi connectivity index (χ3v) is 4.48. The minimum Gasteiger partial charge on any atom is -0.493 e. The molecule has 0 heterocycles. The number of hydrogen-bond acceptors (Lipinski definition) is 3. The van der Waals surface area contributed by atoms with E-state index in [4.69, 9.17) is 25.8 Å². The molecule has 4 heteroatoms. The molecule has 1 aliphatic rings. The summed E-state index contributed by atoms with van der Waals surface area (Å²) in [4.78, 5) is 0. The van der Waals surface area contributed by atoms with Crippen molar-refractivity contribution >= 4 is 11.6 Å². The van der Waals surface area contributed by atoms with Crippen molar-refractivity contribution in [2.75, 3.05) is 21.3 Å². The van der Waals surface area contributed by atoms with Crippen molar-refractivity contribution in [2.24, 2.45) is 5.41 Å². The van der Waals surface area contributed by atoms with Crippen molar-refractivity contribution < 1.29 is 14.2 Å². The van der Waals surface area contributed by atoms with Gasteiger partial charge in [-0.2, -0.15) is 0 Å². The van der Waals surface area contributed by atoms with Crippen molar-refractivity contribution in [1.29, 1.82) is 0 Å². The van der Waals surface area contributed by atoms with Gasteiger partial charge >= 0.3 is 0 Å². The Hall–Kier alpha value is -1.09. The van der Waals surface area contributed by atoms with Crippen molar-refractivity contribution in [3.8, 4) is 17.2 Å². The number of halogens is 1. The van der Waals surface area contributed by atoms with Gasteiger partial charge in [0.2, 0.25) is 5.75 Å². The summed E-state index contributed by atoms with van der Waals surface area (Å²) in [6, 6.07) is 2.00. The molecule has 0 saturated carbocycles. The average molecular weight is 299 g/mol. The van der Waals surface area contributed by atoms with E-state index in [-0.39, 0.29) is 10.8 Å². The maximum absolute atomic E-state index is 6.64. The summed E-state index contributed by atoms with van der Waals surface area (Å²) in [6.07, 6.45) is 2.96. The third-order valence-electron chi connectivity index (χ3n) is 4.09. The van der Waals surface area contributed by atoms with Gasteiger partial charge in [-0.3, -0.25) is 0 Å². The predicted octanol–water partition coefficient (Wildman–Crippen LogP) is 4.35.